The minimum atomic E-state index is -0.247. The molecule has 0 aromatic carbocycles. The minimum Gasteiger partial charge on any atom is -0.381 e. The van der Waals surface area contributed by atoms with Crippen molar-refractivity contribution in [1.29, 1.82) is 0 Å². The first-order valence-electron chi connectivity index (χ1n) is 3.86. The van der Waals surface area contributed by atoms with Crippen LogP contribution in [0.15, 0.2) is 0 Å². The highest BCUT2D eigenvalue weighted by Gasteiger charge is 2.22. The lowest BCUT2D eigenvalue weighted by molar-refractivity contribution is -0.123. The lowest BCUT2D eigenvalue weighted by atomic mass is 9.98. The average molecular weight is 158 g/mol. The number of primary amides is 1. The first-order valence-corrected chi connectivity index (χ1v) is 3.86. The van der Waals surface area contributed by atoms with Crippen molar-refractivity contribution in [3.8, 4) is 0 Å². The van der Waals surface area contributed by atoms with Crippen LogP contribution in [0.3, 0.4) is 0 Å². The van der Waals surface area contributed by atoms with Gasteiger partial charge >= 0.3 is 0 Å². The number of carbonyl (C=O) groups is 1. The fourth-order valence-electron chi connectivity index (χ4n) is 1.42. The lowest BCUT2D eigenvalue weighted by Crippen LogP contribution is -2.41. The van der Waals surface area contributed by atoms with Crippen LogP contribution in [0.1, 0.15) is 12.8 Å². The summed E-state index contributed by atoms with van der Waals surface area (Å²) in [6, 6.07) is 0. The van der Waals surface area contributed by atoms with E-state index in [1.54, 1.807) is 0 Å². The van der Waals surface area contributed by atoms with Gasteiger partial charge in [-0.1, -0.05) is 0 Å². The molecule has 64 valence electrons. The predicted octanol–water partition coefficient (Wildman–Crippen LogP) is -0.867. The second-order valence-corrected chi connectivity index (χ2v) is 2.96. The molecule has 1 heterocycles. The summed E-state index contributed by atoms with van der Waals surface area (Å²) in [6.07, 6.45) is 1.82. The number of aliphatic hydroxyl groups excluding tert-OH is 1. The monoisotopic (exact) mass is 158 g/mol. The van der Waals surface area contributed by atoms with Crippen molar-refractivity contribution in [2.24, 2.45) is 11.7 Å². The molecule has 1 fully saturated rings. The first kappa shape index (κ1) is 8.49. The maximum atomic E-state index is 10.7. The molecule has 3 N–H and O–H groups in total. The zero-order chi connectivity index (χ0) is 8.27. The minimum absolute atomic E-state index is 0.0315. The topological polar surface area (TPSA) is 66.6 Å². The number of aliphatic hydroxyl groups is 1. The van der Waals surface area contributed by atoms with Gasteiger partial charge in [0.2, 0.25) is 5.91 Å². The number of rotatable bonds is 2. The molecule has 11 heavy (non-hydrogen) atoms. The lowest BCUT2D eigenvalue weighted by Gasteiger charge is -2.28. The van der Waals surface area contributed by atoms with E-state index in [4.69, 9.17) is 10.8 Å². The summed E-state index contributed by atoms with van der Waals surface area (Å²) in [5, 5.41) is 8.76. The molecule has 1 rings (SSSR count). The van der Waals surface area contributed by atoms with E-state index < -0.39 is 0 Å². The number of hydrogen-bond acceptors (Lipinski definition) is 3. The van der Waals surface area contributed by atoms with Crippen LogP contribution in [0.2, 0.25) is 0 Å². The van der Waals surface area contributed by atoms with Crippen LogP contribution in [0.4, 0.5) is 0 Å². The van der Waals surface area contributed by atoms with Crippen LogP contribution in [-0.2, 0) is 4.79 Å². The van der Waals surface area contributed by atoms with E-state index >= 15 is 0 Å². The van der Waals surface area contributed by atoms with Gasteiger partial charge in [0.05, 0.1) is 12.6 Å². The van der Waals surface area contributed by atoms with Crippen LogP contribution < -0.4 is 5.73 Å². The largest absolute Gasteiger partial charge is 0.381 e. The van der Waals surface area contributed by atoms with Crippen LogP contribution >= 0.6 is 0 Å². The Hall–Kier alpha value is -0.610. The highest BCUT2D eigenvalue weighted by molar-refractivity contribution is 5.76. The molecule has 1 saturated heterocycles. The van der Waals surface area contributed by atoms with Crippen molar-refractivity contribution < 1.29 is 9.90 Å². The Morgan fingerprint density at radius 3 is 3.00 bits per heavy atom. The molecule has 4 nitrogen and oxygen atoms in total. The fraction of sp³-hybridized carbons (Fsp3) is 0.857. The van der Waals surface area contributed by atoms with Gasteiger partial charge in [-0.25, -0.2) is 0 Å². The third-order valence-corrected chi connectivity index (χ3v) is 2.11. The molecule has 0 saturated carbocycles. The van der Waals surface area contributed by atoms with Gasteiger partial charge in [-0.2, -0.15) is 0 Å². The van der Waals surface area contributed by atoms with E-state index in [1.165, 1.54) is 0 Å². The molecule has 0 radical (unpaired) electrons. The van der Waals surface area contributed by atoms with E-state index in [-0.39, 0.29) is 18.6 Å². The summed E-state index contributed by atoms with van der Waals surface area (Å²) in [4.78, 5) is 12.6. The number of hydrogen-bond donors (Lipinski definition) is 2. The van der Waals surface area contributed by atoms with Gasteiger partial charge in [-0.15, -0.1) is 0 Å². The second-order valence-electron chi connectivity index (χ2n) is 2.96. The molecule has 0 bridgehead atoms. The van der Waals surface area contributed by atoms with Crippen molar-refractivity contribution in [1.82, 2.24) is 4.90 Å². The Morgan fingerprint density at radius 1 is 1.73 bits per heavy atom. The Morgan fingerprint density at radius 2 is 2.45 bits per heavy atom. The normalized spacial score (nSPS) is 26.8. The Balaban J connectivity index is 2.39. The summed E-state index contributed by atoms with van der Waals surface area (Å²) in [6.45, 7) is 1.52. The summed E-state index contributed by atoms with van der Waals surface area (Å²) in [5.41, 5.74) is 5.14. The summed E-state index contributed by atoms with van der Waals surface area (Å²) in [5.74, 6) is -0.306. The van der Waals surface area contributed by atoms with Gasteiger partial charge in [0.25, 0.3) is 0 Å². The summed E-state index contributed by atoms with van der Waals surface area (Å²) >= 11 is 0. The standard InChI is InChI=1S/C7H14N2O2/c8-7(11)6-2-1-3-9(4-6)5-10/h6,10H,1-5H2,(H2,8,11). The van der Waals surface area contributed by atoms with E-state index in [0.29, 0.717) is 6.54 Å². The van der Waals surface area contributed by atoms with Crippen LogP contribution in [0, 0.1) is 5.92 Å². The van der Waals surface area contributed by atoms with Crippen LogP contribution in [0.5, 0.6) is 0 Å². The van der Waals surface area contributed by atoms with Crippen molar-refractivity contribution in [2.75, 3.05) is 19.8 Å². The van der Waals surface area contributed by atoms with E-state index in [0.717, 1.165) is 19.4 Å². The highest BCUT2D eigenvalue weighted by atomic mass is 16.3. The molecule has 4 heteroatoms. The maximum Gasteiger partial charge on any atom is 0.221 e. The Labute approximate surface area is 66.0 Å². The Bertz CT molecular complexity index is 149. The summed E-state index contributed by atoms with van der Waals surface area (Å²) < 4.78 is 0. The molecule has 1 unspecified atom stereocenters. The number of piperidine rings is 1. The van der Waals surface area contributed by atoms with Gasteiger partial charge in [0.1, 0.15) is 0 Å². The zero-order valence-electron chi connectivity index (χ0n) is 6.49. The molecule has 1 atom stereocenters. The smallest absolute Gasteiger partial charge is 0.221 e. The van der Waals surface area contributed by atoms with Crippen molar-refractivity contribution in [3.63, 3.8) is 0 Å². The highest BCUT2D eigenvalue weighted by Crippen LogP contribution is 2.14. The number of nitrogens with zero attached hydrogens (tertiary/aromatic N) is 1. The SMILES string of the molecule is NC(=O)C1CCCN(CO)C1. The van der Waals surface area contributed by atoms with Gasteiger partial charge in [0.15, 0.2) is 0 Å². The molecule has 0 aromatic rings. The molecular formula is C7H14N2O2. The van der Waals surface area contributed by atoms with Crippen LogP contribution in [-0.4, -0.2) is 35.7 Å². The van der Waals surface area contributed by atoms with Gasteiger partial charge in [-0.05, 0) is 12.8 Å². The van der Waals surface area contributed by atoms with Crippen LogP contribution in [0.25, 0.3) is 0 Å². The molecule has 1 amide bonds. The van der Waals surface area contributed by atoms with Gasteiger partial charge in [0, 0.05) is 13.1 Å². The maximum absolute atomic E-state index is 10.7. The van der Waals surface area contributed by atoms with E-state index in [1.807, 2.05) is 4.90 Å². The van der Waals surface area contributed by atoms with E-state index in [2.05, 4.69) is 0 Å². The van der Waals surface area contributed by atoms with Crippen molar-refractivity contribution in [3.05, 3.63) is 0 Å². The second kappa shape index (κ2) is 3.69. The predicted molar refractivity (Wildman–Crippen MR) is 40.6 cm³/mol. The number of amides is 1. The zero-order valence-corrected chi connectivity index (χ0v) is 6.49. The number of likely N-dealkylation sites (tertiary alicyclic amines) is 1. The Kier molecular flexibility index (Phi) is 2.84. The third kappa shape index (κ3) is 2.17. The quantitative estimate of drug-likeness (QED) is 0.549. The molecular weight excluding hydrogens is 144 g/mol. The third-order valence-electron chi connectivity index (χ3n) is 2.11. The van der Waals surface area contributed by atoms with Gasteiger partial charge in [-0.3, -0.25) is 9.69 Å². The summed E-state index contributed by atoms with van der Waals surface area (Å²) in [7, 11) is 0. The van der Waals surface area contributed by atoms with Gasteiger partial charge < -0.3 is 10.8 Å². The number of nitrogens with two attached hydrogens (primary N) is 1. The van der Waals surface area contributed by atoms with Crippen molar-refractivity contribution >= 4 is 5.91 Å². The molecule has 0 spiro atoms. The molecule has 1 aliphatic heterocycles. The average Bonchev–Trinajstić information content (AvgIpc) is 2.05. The first-order chi connectivity index (χ1) is 5.24. The molecule has 1 aliphatic rings. The van der Waals surface area contributed by atoms with E-state index in [9.17, 15) is 4.79 Å². The molecule has 0 aliphatic carbocycles. The molecule has 0 aromatic heterocycles. The number of carbonyl (C=O) groups excluding carboxylic acids is 1. The fourth-order valence-corrected chi connectivity index (χ4v) is 1.42. The van der Waals surface area contributed by atoms with Crippen molar-refractivity contribution in [2.45, 2.75) is 12.8 Å².